The van der Waals surface area contributed by atoms with E-state index >= 15 is 0 Å². The molecule has 4 aromatic rings. The standard InChI is InChI=1S/C26H26N4O2/c1-26(2,19-6-10-22(11-7-19)31-21-4-3-5-21)20-8-12-23(13-9-20)32-24-14-15-25(27-18-24)30-28-16-17-29-30/h6-18,21H,3-5H2,1-2H3. The predicted molar refractivity (Wildman–Crippen MR) is 123 cm³/mol. The van der Waals surface area contributed by atoms with Crippen LogP contribution in [0, 0.1) is 0 Å². The lowest BCUT2D eigenvalue weighted by molar-refractivity contribution is 0.120. The van der Waals surface area contributed by atoms with Crippen LogP contribution in [-0.2, 0) is 5.41 Å². The summed E-state index contributed by atoms with van der Waals surface area (Å²) in [6.07, 6.45) is 8.92. The van der Waals surface area contributed by atoms with Crippen LogP contribution in [0.15, 0.2) is 79.3 Å². The highest BCUT2D eigenvalue weighted by atomic mass is 16.5. The number of nitrogens with zero attached hydrogens (tertiary/aromatic N) is 4. The maximum Gasteiger partial charge on any atom is 0.174 e. The number of ether oxygens (including phenoxy) is 2. The van der Waals surface area contributed by atoms with Gasteiger partial charge in [-0.15, -0.1) is 4.80 Å². The predicted octanol–water partition coefficient (Wildman–Crippen LogP) is 5.71. The number of rotatable bonds is 7. The second-order valence-corrected chi connectivity index (χ2v) is 8.62. The van der Waals surface area contributed by atoms with Gasteiger partial charge in [0, 0.05) is 5.41 Å². The highest BCUT2D eigenvalue weighted by Crippen LogP contribution is 2.34. The topological polar surface area (TPSA) is 62.1 Å². The fourth-order valence-electron chi connectivity index (χ4n) is 3.76. The van der Waals surface area contributed by atoms with Gasteiger partial charge in [0.25, 0.3) is 0 Å². The van der Waals surface area contributed by atoms with Crippen molar-refractivity contribution in [1.29, 1.82) is 0 Å². The van der Waals surface area contributed by atoms with Crippen LogP contribution in [0.4, 0.5) is 0 Å². The molecule has 1 aliphatic carbocycles. The van der Waals surface area contributed by atoms with Gasteiger partial charge in [0.1, 0.15) is 17.2 Å². The fraction of sp³-hybridized carbons (Fsp3) is 0.269. The Labute approximate surface area is 187 Å². The first kappa shape index (κ1) is 20.2. The lowest BCUT2D eigenvalue weighted by Gasteiger charge is -2.28. The van der Waals surface area contributed by atoms with E-state index in [9.17, 15) is 0 Å². The van der Waals surface area contributed by atoms with Crippen molar-refractivity contribution < 1.29 is 9.47 Å². The van der Waals surface area contributed by atoms with Crippen molar-refractivity contribution in [1.82, 2.24) is 20.0 Å². The summed E-state index contributed by atoms with van der Waals surface area (Å²) in [5, 5.41) is 8.15. The Hall–Kier alpha value is -3.67. The molecule has 0 amide bonds. The Morgan fingerprint density at radius 2 is 1.38 bits per heavy atom. The van der Waals surface area contributed by atoms with Crippen LogP contribution in [-0.4, -0.2) is 26.1 Å². The van der Waals surface area contributed by atoms with E-state index in [2.05, 4.69) is 65.4 Å². The SMILES string of the molecule is CC(C)(c1ccc(Oc2ccc(-n3nccn3)nc2)cc1)c1ccc(OC2CCC2)cc1. The Morgan fingerprint density at radius 3 is 1.91 bits per heavy atom. The molecule has 0 spiro atoms. The summed E-state index contributed by atoms with van der Waals surface area (Å²) < 4.78 is 12.0. The Bertz CT molecular complexity index is 1150. The lowest BCUT2D eigenvalue weighted by Crippen LogP contribution is -2.24. The minimum atomic E-state index is -0.131. The summed E-state index contributed by atoms with van der Waals surface area (Å²) in [4.78, 5) is 5.82. The molecule has 1 aliphatic rings. The molecular formula is C26H26N4O2. The molecule has 0 radical (unpaired) electrons. The van der Waals surface area contributed by atoms with E-state index in [0.717, 1.165) is 11.5 Å². The van der Waals surface area contributed by atoms with E-state index in [-0.39, 0.29) is 5.41 Å². The largest absolute Gasteiger partial charge is 0.490 e. The van der Waals surface area contributed by atoms with E-state index in [1.807, 2.05) is 24.3 Å². The summed E-state index contributed by atoms with van der Waals surface area (Å²) in [6.45, 7) is 4.47. The third kappa shape index (κ3) is 4.21. The summed E-state index contributed by atoms with van der Waals surface area (Å²) in [7, 11) is 0. The van der Waals surface area contributed by atoms with Crippen molar-refractivity contribution in [2.45, 2.75) is 44.6 Å². The van der Waals surface area contributed by atoms with Gasteiger partial charge in [0.15, 0.2) is 5.82 Å². The lowest BCUT2D eigenvalue weighted by atomic mass is 9.78. The normalized spacial score (nSPS) is 14.1. The second-order valence-electron chi connectivity index (χ2n) is 8.62. The number of hydrogen-bond donors (Lipinski definition) is 0. The monoisotopic (exact) mass is 426 g/mol. The molecule has 2 aromatic heterocycles. The van der Waals surface area contributed by atoms with Crippen LogP contribution < -0.4 is 9.47 Å². The summed E-state index contributed by atoms with van der Waals surface area (Å²) in [6, 6.07) is 20.4. The third-order valence-corrected chi connectivity index (χ3v) is 6.09. The zero-order valence-corrected chi connectivity index (χ0v) is 18.3. The second kappa shape index (κ2) is 8.46. The molecule has 1 saturated carbocycles. The molecule has 0 atom stereocenters. The number of hydrogen-bond acceptors (Lipinski definition) is 5. The highest BCUT2D eigenvalue weighted by Gasteiger charge is 2.24. The van der Waals surface area contributed by atoms with Crippen molar-refractivity contribution in [3.63, 3.8) is 0 Å². The van der Waals surface area contributed by atoms with Gasteiger partial charge in [-0.2, -0.15) is 10.2 Å². The summed E-state index contributed by atoms with van der Waals surface area (Å²) in [5.74, 6) is 3.03. The van der Waals surface area contributed by atoms with Gasteiger partial charge < -0.3 is 9.47 Å². The van der Waals surface area contributed by atoms with Crippen LogP contribution in [0.5, 0.6) is 17.2 Å². The first-order chi connectivity index (χ1) is 15.6. The van der Waals surface area contributed by atoms with E-state index in [1.165, 1.54) is 35.2 Å². The molecule has 5 rings (SSSR count). The fourth-order valence-corrected chi connectivity index (χ4v) is 3.76. The van der Waals surface area contributed by atoms with Crippen molar-refractivity contribution in [2.75, 3.05) is 0 Å². The molecule has 0 N–H and O–H groups in total. The number of aromatic nitrogens is 4. The minimum Gasteiger partial charge on any atom is -0.490 e. The number of pyridine rings is 1. The molecule has 6 nitrogen and oxygen atoms in total. The van der Waals surface area contributed by atoms with Crippen LogP contribution in [0.3, 0.4) is 0 Å². The average molecular weight is 427 g/mol. The van der Waals surface area contributed by atoms with Gasteiger partial charge in [-0.05, 0) is 66.8 Å². The third-order valence-electron chi connectivity index (χ3n) is 6.09. The van der Waals surface area contributed by atoms with Crippen LogP contribution >= 0.6 is 0 Å². The van der Waals surface area contributed by atoms with Crippen LogP contribution in [0.1, 0.15) is 44.2 Å². The molecule has 1 fully saturated rings. The van der Waals surface area contributed by atoms with Gasteiger partial charge >= 0.3 is 0 Å². The van der Waals surface area contributed by atoms with E-state index in [4.69, 9.17) is 9.47 Å². The summed E-state index contributed by atoms with van der Waals surface area (Å²) in [5.41, 5.74) is 2.34. The van der Waals surface area contributed by atoms with E-state index in [0.29, 0.717) is 17.7 Å². The van der Waals surface area contributed by atoms with Crippen molar-refractivity contribution in [3.8, 4) is 23.1 Å². The molecular weight excluding hydrogens is 400 g/mol. The highest BCUT2D eigenvalue weighted by molar-refractivity contribution is 5.42. The van der Waals surface area contributed by atoms with E-state index in [1.54, 1.807) is 18.6 Å². The van der Waals surface area contributed by atoms with Gasteiger partial charge in [-0.25, -0.2) is 4.98 Å². The zero-order valence-electron chi connectivity index (χ0n) is 18.3. The zero-order chi connectivity index (χ0) is 22.0. The smallest absolute Gasteiger partial charge is 0.174 e. The molecule has 0 bridgehead atoms. The van der Waals surface area contributed by atoms with Gasteiger partial charge in [-0.1, -0.05) is 38.1 Å². The molecule has 6 heteroatoms. The van der Waals surface area contributed by atoms with Gasteiger partial charge in [-0.3, -0.25) is 0 Å². The maximum absolute atomic E-state index is 5.99. The average Bonchev–Trinajstić information content (AvgIpc) is 3.33. The molecule has 0 unspecified atom stereocenters. The van der Waals surface area contributed by atoms with Crippen LogP contribution in [0.25, 0.3) is 5.82 Å². The van der Waals surface area contributed by atoms with Gasteiger partial charge in [0.05, 0.1) is 24.7 Å². The molecule has 0 saturated heterocycles. The minimum absolute atomic E-state index is 0.131. The van der Waals surface area contributed by atoms with E-state index < -0.39 is 0 Å². The summed E-state index contributed by atoms with van der Waals surface area (Å²) >= 11 is 0. The van der Waals surface area contributed by atoms with Crippen molar-refractivity contribution in [3.05, 3.63) is 90.4 Å². The maximum atomic E-state index is 5.99. The van der Waals surface area contributed by atoms with Crippen molar-refractivity contribution in [2.24, 2.45) is 0 Å². The molecule has 2 aromatic carbocycles. The molecule has 2 heterocycles. The quantitative estimate of drug-likeness (QED) is 0.379. The Kier molecular flexibility index (Phi) is 5.35. The molecule has 0 aliphatic heterocycles. The van der Waals surface area contributed by atoms with Crippen molar-refractivity contribution >= 4 is 0 Å². The van der Waals surface area contributed by atoms with Gasteiger partial charge in [0.2, 0.25) is 0 Å². The molecule has 162 valence electrons. The first-order valence-electron chi connectivity index (χ1n) is 11.0. The Balaban J connectivity index is 1.26. The van der Waals surface area contributed by atoms with Crippen LogP contribution in [0.2, 0.25) is 0 Å². The Morgan fingerprint density at radius 1 is 0.781 bits per heavy atom. The molecule has 32 heavy (non-hydrogen) atoms. The number of benzene rings is 2. The first-order valence-corrected chi connectivity index (χ1v) is 11.0.